The Kier molecular flexibility index (Phi) is 3.54. The van der Waals surface area contributed by atoms with Crippen LogP contribution in [0.4, 0.5) is 11.4 Å². The van der Waals surface area contributed by atoms with Crippen molar-refractivity contribution in [3.05, 3.63) is 58.6 Å². The Morgan fingerprint density at radius 1 is 0.812 bits per heavy atom. The second-order valence-electron chi connectivity index (χ2n) is 3.13. The fraction of sp³-hybridized carbons (Fsp3) is 0. The van der Waals surface area contributed by atoms with Crippen LogP contribution in [0.5, 0.6) is 0 Å². The van der Waals surface area contributed by atoms with Gasteiger partial charge >= 0.3 is 0 Å². The summed E-state index contributed by atoms with van der Waals surface area (Å²) in [4.78, 5) is 0. The first-order valence-corrected chi connectivity index (χ1v) is 5.43. The maximum Gasteiger partial charge on any atom is 0.104 e. The van der Waals surface area contributed by atoms with E-state index < -0.39 is 0 Å². The van der Waals surface area contributed by atoms with Gasteiger partial charge in [0.25, 0.3) is 0 Å². The summed E-state index contributed by atoms with van der Waals surface area (Å²) >= 11 is 11.8. The molecule has 2 aromatic carbocycles. The van der Waals surface area contributed by atoms with Crippen LogP contribution in [0.2, 0.25) is 10.0 Å². The largest absolute Gasteiger partial charge is 0.150 e. The molecule has 0 aliphatic heterocycles. The van der Waals surface area contributed by atoms with Crippen LogP contribution in [0.15, 0.2) is 58.8 Å². The summed E-state index contributed by atoms with van der Waals surface area (Å²) in [5.41, 5.74) is 1.34. The average molecular weight is 251 g/mol. The summed E-state index contributed by atoms with van der Waals surface area (Å²) in [5.74, 6) is 0. The molecule has 80 valence electrons. The first-order valence-electron chi connectivity index (χ1n) is 4.67. The molecule has 0 aliphatic rings. The van der Waals surface area contributed by atoms with Gasteiger partial charge in [0, 0.05) is 5.02 Å². The third kappa shape index (κ3) is 2.81. The van der Waals surface area contributed by atoms with Gasteiger partial charge < -0.3 is 0 Å². The van der Waals surface area contributed by atoms with Crippen LogP contribution >= 0.6 is 23.2 Å². The van der Waals surface area contributed by atoms with Gasteiger partial charge in [0.05, 0.1) is 10.7 Å². The van der Waals surface area contributed by atoms with Gasteiger partial charge in [-0.1, -0.05) is 41.4 Å². The van der Waals surface area contributed by atoms with Gasteiger partial charge in [0.2, 0.25) is 0 Å². The lowest BCUT2D eigenvalue weighted by Crippen LogP contribution is -1.67. The van der Waals surface area contributed by atoms with Crippen molar-refractivity contribution in [1.29, 1.82) is 0 Å². The van der Waals surface area contributed by atoms with E-state index in [1.54, 1.807) is 24.3 Å². The van der Waals surface area contributed by atoms with E-state index in [0.29, 0.717) is 21.4 Å². The zero-order chi connectivity index (χ0) is 11.4. The highest BCUT2D eigenvalue weighted by atomic mass is 35.5. The predicted octanol–water partition coefficient (Wildman–Crippen LogP) is 5.41. The molecule has 0 atom stereocenters. The van der Waals surface area contributed by atoms with Gasteiger partial charge in [-0.3, -0.25) is 0 Å². The van der Waals surface area contributed by atoms with Crippen LogP contribution in [0.25, 0.3) is 0 Å². The predicted molar refractivity (Wildman–Crippen MR) is 67.1 cm³/mol. The van der Waals surface area contributed by atoms with Crippen molar-refractivity contribution in [3.8, 4) is 0 Å². The minimum atomic E-state index is 0.577. The highest BCUT2D eigenvalue weighted by Gasteiger charge is 1.96. The number of benzene rings is 2. The van der Waals surface area contributed by atoms with E-state index in [-0.39, 0.29) is 0 Å². The van der Waals surface area contributed by atoms with Crippen molar-refractivity contribution in [2.24, 2.45) is 10.2 Å². The molecule has 2 aromatic rings. The van der Waals surface area contributed by atoms with E-state index in [4.69, 9.17) is 23.2 Å². The number of nitrogens with zero attached hydrogens (tertiary/aromatic N) is 2. The van der Waals surface area contributed by atoms with Crippen molar-refractivity contribution < 1.29 is 0 Å². The second-order valence-corrected chi connectivity index (χ2v) is 3.97. The summed E-state index contributed by atoms with van der Waals surface area (Å²) in [6, 6.07) is 14.5. The van der Waals surface area contributed by atoms with E-state index in [2.05, 4.69) is 10.2 Å². The van der Waals surface area contributed by atoms with Gasteiger partial charge in [-0.2, -0.15) is 5.11 Å². The smallest absolute Gasteiger partial charge is 0.104 e. The first-order chi connectivity index (χ1) is 7.75. The van der Waals surface area contributed by atoms with E-state index in [9.17, 15) is 0 Å². The van der Waals surface area contributed by atoms with Crippen LogP contribution in [-0.4, -0.2) is 0 Å². The molecule has 0 amide bonds. The molecular weight excluding hydrogens is 243 g/mol. The van der Waals surface area contributed by atoms with Crippen molar-refractivity contribution in [2.75, 3.05) is 0 Å². The lowest BCUT2D eigenvalue weighted by atomic mass is 10.3. The molecule has 0 saturated carbocycles. The maximum atomic E-state index is 5.94. The monoisotopic (exact) mass is 250 g/mol. The van der Waals surface area contributed by atoms with E-state index in [0.717, 1.165) is 0 Å². The summed E-state index contributed by atoms with van der Waals surface area (Å²) in [5, 5.41) is 9.32. The molecular formula is C12H8Cl2N2. The molecule has 0 unspecified atom stereocenters. The normalized spacial score (nSPS) is 10.9. The molecule has 2 rings (SSSR count). The molecule has 0 saturated heterocycles. The van der Waals surface area contributed by atoms with Crippen LogP contribution in [0, 0.1) is 0 Å². The Labute approximate surface area is 104 Å². The quantitative estimate of drug-likeness (QED) is 0.637. The lowest BCUT2D eigenvalue weighted by Gasteiger charge is -1.95. The van der Waals surface area contributed by atoms with E-state index in [1.807, 2.05) is 24.3 Å². The Morgan fingerprint density at radius 3 is 2.38 bits per heavy atom. The second kappa shape index (κ2) is 5.10. The molecule has 0 spiro atoms. The molecule has 16 heavy (non-hydrogen) atoms. The van der Waals surface area contributed by atoms with Crippen molar-refractivity contribution in [3.63, 3.8) is 0 Å². The Balaban J connectivity index is 2.25. The van der Waals surface area contributed by atoms with Crippen LogP contribution in [0.3, 0.4) is 0 Å². The Morgan fingerprint density at radius 2 is 1.62 bits per heavy atom. The van der Waals surface area contributed by atoms with Gasteiger partial charge in [0.15, 0.2) is 0 Å². The fourth-order valence-electron chi connectivity index (χ4n) is 1.18. The maximum absolute atomic E-state index is 5.94. The topological polar surface area (TPSA) is 24.7 Å². The van der Waals surface area contributed by atoms with Crippen molar-refractivity contribution in [2.45, 2.75) is 0 Å². The zero-order valence-electron chi connectivity index (χ0n) is 8.27. The minimum absolute atomic E-state index is 0.577. The SMILES string of the molecule is Clc1cccc(N=Nc2ccccc2Cl)c1. The molecule has 0 aromatic heterocycles. The lowest BCUT2D eigenvalue weighted by molar-refractivity contribution is 1.23. The van der Waals surface area contributed by atoms with Crippen molar-refractivity contribution in [1.82, 2.24) is 0 Å². The number of hydrogen-bond donors (Lipinski definition) is 0. The molecule has 4 heteroatoms. The fourth-order valence-corrected chi connectivity index (χ4v) is 1.54. The van der Waals surface area contributed by atoms with Crippen LogP contribution in [-0.2, 0) is 0 Å². The molecule has 2 nitrogen and oxygen atoms in total. The molecule has 0 heterocycles. The van der Waals surface area contributed by atoms with E-state index >= 15 is 0 Å². The highest BCUT2D eigenvalue weighted by Crippen LogP contribution is 2.26. The number of azo groups is 1. The zero-order valence-corrected chi connectivity index (χ0v) is 9.78. The van der Waals surface area contributed by atoms with Crippen molar-refractivity contribution >= 4 is 34.6 Å². The number of halogens is 2. The average Bonchev–Trinajstić information content (AvgIpc) is 2.28. The molecule has 0 aliphatic carbocycles. The molecule has 0 fully saturated rings. The number of rotatable bonds is 2. The highest BCUT2D eigenvalue weighted by molar-refractivity contribution is 6.33. The van der Waals surface area contributed by atoms with Crippen LogP contribution < -0.4 is 0 Å². The van der Waals surface area contributed by atoms with Crippen LogP contribution in [0.1, 0.15) is 0 Å². The van der Waals surface area contributed by atoms with Gasteiger partial charge in [-0.05, 0) is 30.3 Å². The number of hydrogen-bond acceptors (Lipinski definition) is 2. The van der Waals surface area contributed by atoms with E-state index in [1.165, 1.54) is 0 Å². The summed E-state index contributed by atoms with van der Waals surface area (Å²) < 4.78 is 0. The third-order valence-corrected chi connectivity index (χ3v) is 2.49. The first kappa shape index (κ1) is 11.1. The van der Waals surface area contributed by atoms with Gasteiger partial charge in [-0.25, -0.2) is 0 Å². The summed E-state index contributed by atoms with van der Waals surface area (Å²) in [6.45, 7) is 0. The summed E-state index contributed by atoms with van der Waals surface area (Å²) in [6.07, 6.45) is 0. The Hall–Kier alpha value is -1.38. The Bertz CT molecular complexity index is 524. The van der Waals surface area contributed by atoms with Gasteiger partial charge in [0.1, 0.15) is 5.69 Å². The standard InChI is InChI=1S/C12H8Cl2N2/c13-9-4-3-5-10(8-9)15-16-12-7-2-1-6-11(12)14/h1-8H. The molecule has 0 N–H and O–H groups in total. The minimum Gasteiger partial charge on any atom is -0.150 e. The van der Waals surface area contributed by atoms with Gasteiger partial charge in [-0.15, -0.1) is 5.11 Å². The molecule has 0 bridgehead atoms. The summed E-state index contributed by atoms with van der Waals surface area (Å²) in [7, 11) is 0. The third-order valence-electron chi connectivity index (χ3n) is 1.93. The molecule has 0 radical (unpaired) electrons.